The highest BCUT2D eigenvalue weighted by atomic mass is 32.2. The van der Waals surface area contributed by atoms with Gasteiger partial charge in [0.05, 0.1) is 0 Å². The number of hydrogen-bond acceptors (Lipinski definition) is 1. The topological polar surface area (TPSA) is 17.1 Å². The van der Waals surface area contributed by atoms with Gasteiger partial charge in [-0.25, -0.2) is 0 Å². The summed E-state index contributed by atoms with van der Waals surface area (Å²) in [5, 5.41) is 0. The van der Waals surface area contributed by atoms with E-state index in [9.17, 15) is 4.21 Å². The minimum Gasteiger partial charge on any atom is -0.271 e. The van der Waals surface area contributed by atoms with Gasteiger partial charge in [0.2, 0.25) is 0 Å². The molecule has 2 heteroatoms. The number of benzene rings is 3. The van der Waals surface area contributed by atoms with Crippen LogP contribution in [0.4, 0.5) is 0 Å². The van der Waals surface area contributed by atoms with E-state index in [-0.39, 0.29) is 0 Å². The summed E-state index contributed by atoms with van der Waals surface area (Å²) in [6.07, 6.45) is 6.60. The van der Waals surface area contributed by atoms with Crippen LogP contribution in [0.15, 0.2) is 99.6 Å². The molecule has 1 saturated carbocycles. The Morgan fingerprint density at radius 2 is 1.04 bits per heavy atom. The van der Waals surface area contributed by atoms with E-state index in [4.69, 9.17) is 0 Å². The van der Waals surface area contributed by atoms with Crippen molar-refractivity contribution in [3.05, 3.63) is 90.5 Å². The predicted molar refractivity (Wildman–Crippen MR) is 109 cm³/mol. The normalized spacial score (nSPS) is 16.3. The zero-order valence-corrected chi connectivity index (χ0v) is 15.9. The average molecular weight is 363 g/mol. The van der Waals surface area contributed by atoms with Crippen molar-refractivity contribution in [1.82, 2.24) is 0 Å². The van der Waals surface area contributed by atoms with E-state index in [0.29, 0.717) is 5.92 Å². The Balaban J connectivity index is 1.76. The highest BCUT2D eigenvalue weighted by molar-refractivity contribution is 8.03. The van der Waals surface area contributed by atoms with Gasteiger partial charge in [-0.3, -0.25) is 4.21 Å². The van der Waals surface area contributed by atoms with E-state index >= 15 is 0 Å². The summed E-state index contributed by atoms with van der Waals surface area (Å²) < 4.78 is 14.3. The third-order valence-electron chi connectivity index (χ3n) is 5.57. The molecule has 0 bridgehead atoms. The van der Waals surface area contributed by atoms with Crippen molar-refractivity contribution in [3.8, 4) is 0 Å². The summed E-state index contributed by atoms with van der Waals surface area (Å²) in [6, 6.07) is 28.4. The van der Waals surface area contributed by atoms with Gasteiger partial charge in [-0.2, -0.15) is 0 Å². The molecular formula is C24H26OS. The summed E-state index contributed by atoms with van der Waals surface area (Å²) in [5.74, 6) is 0.672. The molecule has 134 valence electrons. The van der Waals surface area contributed by atoms with Crippen molar-refractivity contribution < 1.29 is 4.21 Å². The second-order valence-corrected chi connectivity index (χ2v) is 9.97. The maximum absolute atomic E-state index is 14.3. The molecule has 3 aromatic rings. The van der Waals surface area contributed by atoms with Crippen LogP contribution in [-0.2, 0) is 9.93 Å². The zero-order valence-electron chi connectivity index (χ0n) is 15.1. The molecule has 1 fully saturated rings. The van der Waals surface area contributed by atoms with Crippen molar-refractivity contribution in [1.29, 1.82) is 0 Å². The van der Waals surface area contributed by atoms with E-state index in [1.165, 1.54) is 37.7 Å². The minimum absolute atomic E-state index is 0.672. The molecule has 0 atom stereocenters. The van der Waals surface area contributed by atoms with Crippen molar-refractivity contribution in [2.75, 3.05) is 0 Å². The molecule has 0 saturated heterocycles. The van der Waals surface area contributed by atoms with Crippen LogP contribution in [0, 0.1) is 0 Å². The summed E-state index contributed by atoms with van der Waals surface area (Å²) in [6.45, 7) is 0. The van der Waals surface area contributed by atoms with Crippen LogP contribution >= 0.6 is 0 Å². The molecule has 0 N–H and O–H groups in total. The van der Waals surface area contributed by atoms with Gasteiger partial charge in [-0.1, -0.05) is 67.8 Å². The lowest BCUT2D eigenvalue weighted by molar-refractivity contribution is 0.443. The second-order valence-electron chi connectivity index (χ2n) is 7.21. The van der Waals surface area contributed by atoms with E-state index in [0.717, 1.165) is 14.7 Å². The van der Waals surface area contributed by atoms with Crippen LogP contribution in [-0.4, -0.2) is 4.21 Å². The van der Waals surface area contributed by atoms with Crippen LogP contribution in [0.3, 0.4) is 0 Å². The lowest BCUT2D eigenvalue weighted by atomic mass is 9.84. The van der Waals surface area contributed by atoms with Gasteiger partial charge in [-0.15, -0.1) is 0 Å². The monoisotopic (exact) mass is 362 g/mol. The molecule has 4 rings (SSSR count). The molecule has 1 aliphatic rings. The molecule has 0 amide bonds. The first-order valence-corrected chi connectivity index (χ1v) is 11.3. The van der Waals surface area contributed by atoms with Gasteiger partial charge in [0.25, 0.3) is 0 Å². The SMILES string of the molecule is O=[SH](c1ccccc1)(c1ccccc1)c1ccc(C2CCCCC2)cc1. The lowest BCUT2D eigenvalue weighted by Gasteiger charge is -2.27. The van der Waals surface area contributed by atoms with Gasteiger partial charge < -0.3 is 0 Å². The van der Waals surface area contributed by atoms with Crippen LogP contribution < -0.4 is 0 Å². The van der Waals surface area contributed by atoms with E-state index in [2.05, 4.69) is 24.3 Å². The summed E-state index contributed by atoms with van der Waals surface area (Å²) >= 11 is 0. The van der Waals surface area contributed by atoms with Crippen molar-refractivity contribution >= 4 is 9.93 Å². The Kier molecular flexibility index (Phi) is 5.03. The molecule has 1 aliphatic carbocycles. The Labute approximate surface area is 157 Å². The van der Waals surface area contributed by atoms with Crippen molar-refractivity contribution in [3.63, 3.8) is 0 Å². The van der Waals surface area contributed by atoms with Gasteiger partial charge in [0, 0.05) is 14.7 Å². The Hall–Kier alpha value is -2.19. The fourth-order valence-electron chi connectivity index (χ4n) is 4.12. The maximum Gasteiger partial charge on any atom is 0.0230 e. The van der Waals surface area contributed by atoms with E-state index < -0.39 is 9.93 Å². The van der Waals surface area contributed by atoms with Gasteiger partial charge in [0.1, 0.15) is 0 Å². The maximum atomic E-state index is 14.3. The molecular weight excluding hydrogens is 336 g/mol. The van der Waals surface area contributed by atoms with Crippen LogP contribution in [0.5, 0.6) is 0 Å². The Bertz CT molecular complexity index is 835. The van der Waals surface area contributed by atoms with Gasteiger partial charge >= 0.3 is 0 Å². The molecule has 0 unspecified atom stereocenters. The quantitative estimate of drug-likeness (QED) is 0.545. The van der Waals surface area contributed by atoms with E-state index in [1.54, 1.807) is 0 Å². The molecule has 1 nitrogen and oxygen atoms in total. The first kappa shape index (κ1) is 17.2. The smallest absolute Gasteiger partial charge is 0.0230 e. The van der Waals surface area contributed by atoms with Crippen molar-refractivity contribution in [2.45, 2.75) is 52.7 Å². The fraction of sp³-hybridized carbons (Fsp3) is 0.250. The average Bonchev–Trinajstić information content (AvgIpc) is 2.75. The largest absolute Gasteiger partial charge is 0.271 e. The molecule has 3 aromatic carbocycles. The highest BCUT2D eigenvalue weighted by Crippen LogP contribution is 2.38. The Morgan fingerprint density at radius 3 is 1.54 bits per heavy atom. The third-order valence-corrected chi connectivity index (χ3v) is 8.65. The Morgan fingerprint density at radius 1 is 0.577 bits per heavy atom. The van der Waals surface area contributed by atoms with Crippen LogP contribution in [0.1, 0.15) is 43.6 Å². The molecule has 0 radical (unpaired) electrons. The molecule has 0 aliphatic heterocycles. The first-order valence-electron chi connectivity index (χ1n) is 9.60. The fourth-order valence-corrected chi connectivity index (χ4v) is 6.76. The molecule has 26 heavy (non-hydrogen) atoms. The van der Waals surface area contributed by atoms with Gasteiger partial charge in [-0.05, 0) is 70.7 Å². The highest BCUT2D eigenvalue weighted by Gasteiger charge is 2.24. The summed E-state index contributed by atoms with van der Waals surface area (Å²) in [5.41, 5.74) is 1.40. The van der Waals surface area contributed by atoms with E-state index in [1.807, 2.05) is 60.7 Å². The first-order chi connectivity index (χ1) is 12.8. The second kappa shape index (κ2) is 7.59. The van der Waals surface area contributed by atoms with Crippen LogP contribution in [0.25, 0.3) is 0 Å². The minimum atomic E-state index is -2.84. The van der Waals surface area contributed by atoms with Gasteiger partial charge in [0.15, 0.2) is 0 Å². The molecule has 0 aromatic heterocycles. The third kappa shape index (κ3) is 3.26. The number of rotatable bonds is 4. The summed E-state index contributed by atoms with van der Waals surface area (Å²) in [4.78, 5) is 2.72. The standard InChI is InChI=1S/C24H26OS/c25-26(22-12-6-2-7-13-22,23-14-8-3-9-15-23)24-18-16-21(17-19-24)20-10-4-1-5-11-20/h2-3,6-9,12-20,26H,1,4-5,10-11H2. The number of thiol groups is 1. The summed E-state index contributed by atoms with van der Waals surface area (Å²) in [7, 11) is -2.84. The molecule has 0 heterocycles. The zero-order chi connectivity index (χ0) is 17.8. The van der Waals surface area contributed by atoms with Crippen molar-refractivity contribution in [2.24, 2.45) is 0 Å². The lowest BCUT2D eigenvalue weighted by Crippen LogP contribution is -2.14. The molecule has 0 spiro atoms. The predicted octanol–water partition coefficient (Wildman–Crippen LogP) is 6.23. The van der Waals surface area contributed by atoms with Crippen LogP contribution in [0.2, 0.25) is 0 Å². The number of hydrogen-bond donors (Lipinski definition) is 1.